The van der Waals surface area contributed by atoms with Gasteiger partial charge in [0, 0.05) is 24.7 Å². The molecule has 2 rings (SSSR count). The molecule has 1 saturated carbocycles. The van der Waals surface area contributed by atoms with Crippen LogP contribution in [0.15, 0.2) is 0 Å². The van der Waals surface area contributed by atoms with Crippen molar-refractivity contribution < 1.29 is 0 Å². The number of likely N-dealkylation sites (tertiary alicyclic amines) is 1. The highest BCUT2D eigenvalue weighted by Gasteiger charge is 2.38. The Kier molecular flexibility index (Phi) is 3.13. The van der Waals surface area contributed by atoms with Gasteiger partial charge in [-0.1, -0.05) is 13.3 Å². The lowest BCUT2D eigenvalue weighted by atomic mass is 9.78. The normalized spacial score (nSPS) is 44.8. The van der Waals surface area contributed by atoms with Crippen LogP contribution in [0.5, 0.6) is 0 Å². The molecule has 0 spiro atoms. The van der Waals surface area contributed by atoms with E-state index >= 15 is 0 Å². The molecule has 82 valence electrons. The average molecular weight is 196 g/mol. The van der Waals surface area contributed by atoms with Gasteiger partial charge in [0.15, 0.2) is 0 Å². The highest BCUT2D eigenvalue weighted by atomic mass is 15.2. The van der Waals surface area contributed by atoms with Crippen LogP contribution < -0.4 is 5.73 Å². The van der Waals surface area contributed by atoms with E-state index < -0.39 is 0 Å². The molecule has 0 aromatic heterocycles. The van der Waals surface area contributed by atoms with Crippen LogP contribution >= 0.6 is 0 Å². The maximum absolute atomic E-state index is 5.87. The summed E-state index contributed by atoms with van der Waals surface area (Å²) in [7, 11) is 0. The van der Waals surface area contributed by atoms with Crippen molar-refractivity contribution in [1.82, 2.24) is 4.90 Å². The average Bonchev–Trinajstić information content (AvgIpc) is 2.13. The van der Waals surface area contributed by atoms with Crippen LogP contribution in [0.3, 0.4) is 0 Å². The van der Waals surface area contributed by atoms with Gasteiger partial charge < -0.3 is 5.73 Å². The predicted octanol–water partition coefficient (Wildman–Crippen LogP) is 1.99. The maximum Gasteiger partial charge on any atom is 0.0224 e. The molecular formula is C12H24N2. The van der Waals surface area contributed by atoms with Crippen LogP contribution in [-0.4, -0.2) is 29.6 Å². The SMILES string of the molecule is CC1CC(N2C(C)CCCC2CN)C1. The zero-order valence-corrected chi connectivity index (χ0v) is 9.58. The fourth-order valence-electron chi connectivity index (χ4n) is 3.31. The van der Waals surface area contributed by atoms with Gasteiger partial charge in [0.2, 0.25) is 0 Å². The molecule has 2 unspecified atom stereocenters. The smallest absolute Gasteiger partial charge is 0.0224 e. The molecular weight excluding hydrogens is 172 g/mol. The molecule has 0 radical (unpaired) electrons. The summed E-state index contributed by atoms with van der Waals surface area (Å²) >= 11 is 0. The van der Waals surface area contributed by atoms with Gasteiger partial charge in [0.1, 0.15) is 0 Å². The molecule has 1 saturated heterocycles. The summed E-state index contributed by atoms with van der Waals surface area (Å²) in [5.74, 6) is 0.951. The van der Waals surface area contributed by atoms with E-state index in [-0.39, 0.29) is 0 Å². The van der Waals surface area contributed by atoms with E-state index in [4.69, 9.17) is 5.73 Å². The standard InChI is InChI=1S/C12H24N2/c1-9-6-12(7-9)14-10(2)4-3-5-11(14)8-13/h9-12H,3-8,13H2,1-2H3. The van der Waals surface area contributed by atoms with Gasteiger partial charge in [-0.05, 0) is 38.5 Å². The van der Waals surface area contributed by atoms with Crippen LogP contribution in [0.25, 0.3) is 0 Å². The summed E-state index contributed by atoms with van der Waals surface area (Å²) in [6.45, 7) is 5.60. The quantitative estimate of drug-likeness (QED) is 0.732. The van der Waals surface area contributed by atoms with Crippen LogP contribution in [0.2, 0.25) is 0 Å². The number of rotatable bonds is 2. The topological polar surface area (TPSA) is 29.3 Å². The zero-order chi connectivity index (χ0) is 10.1. The van der Waals surface area contributed by atoms with Crippen molar-refractivity contribution in [1.29, 1.82) is 0 Å². The third-order valence-electron chi connectivity index (χ3n) is 4.13. The third-order valence-corrected chi connectivity index (χ3v) is 4.13. The molecule has 0 amide bonds. The molecule has 2 atom stereocenters. The van der Waals surface area contributed by atoms with Crippen molar-refractivity contribution >= 4 is 0 Å². The number of nitrogens with zero attached hydrogens (tertiary/aromatic N) is 1. The van der Waals surface area contributed by atoms with Crippen LogP contribution in [0.1, 0.15) is 46.0 Å². The van der Waals surface area contributed by atoms with Crippen LogP contribution in [0.4, 0.5) is 0 Å². The van der Waals surface area contributed by atoms with Gasteiger partial charge in [0.05, 0.1) is 0 Å². The maximum atomic E-state index is 5.87. The fourth-order valence-corrected chi connectivity index (χ4v) is 3.31. The van der Waals surface area contributed by atoms with Gasteiger partial charge in [-0.2, -0.15) is 0 Å². The van der Waals surface area contributed by atoms with Crippen molar-refractivity contribution in [3.63, 3.8) is 0 Å². The Morgan fingerprint density at radius 1 is 1.21 bits per heavy atom. The first-order valence-electron chi connectivity index (χ1n) is 6.20. The minimum atomic E-state index is 0.677. The van der Waals surface area contributed by atoms with Crippen molar-refractivity contribution in [3.8, 4) is 0 Å². The summed E-state index contributed by atoms with van der Waals surface area (Å²) in [5.41, 5.74) is 5.87. The van der Waals surface area contributed by atoms with Gasteiger partial charge >= 0.3 is 0 Å². The first kappa shape index (κ1) is 10.4. The minimum absolute atomic E-state index is 0.677. The Hall–Kier alpha value is -0.0800. The number of nitrogens with two attached hydrogens (primary N) is 1. The molecule has 2 nitrogen and oxygen atoms in total. The molecule has 0 bridgehead atoms. The van der Waals surface area contributed by atoms with Crippen LogP contribution in [0, 0.1) is 5.92 Å². The van der Waals surface area contributed by atoms with Crippen molar-refractivity contribution in [2.24, 2.45) is 11.7 Å². The Balaban J connectivity index is 1.97. The molecule has 2 N–H and O–H groups in total. The summed E-state index contributed by atoms with van der Waals surface area (Å²) in [5, 5.41) is 0. The summed E-state index contributed by atoms with van der Waals surface area (Å²) in [4.78, 5) is 2.73. The Labute approximate surface area is 87.8 Å². The first-order valence-corrected chi connectivity index (χ1v) is 6.20. The lowest BCUT2D eigenvalue weighted by Crippen LogP contribution is -2.57. The number of hydrogen-bond donors (Lipinski definition) is 1. The molecule has 0 aromatic carbocycles. The summed E-state index contributed by atoms with van der Waals surface area (Å²) in [6, 6.07) is 2.31. The van der Waals surface area contributed by atoms with E-state index in [2.05, 4.69) is 18.7 Å². The van der Waals surface area contributed by atoms with Crippen LogP contribution in [-0.2, 0) is 0 Å². The molecule has 0 aromatic rings. The van der Waals surface area contributed by atoms with Gasteiger partial charge in [0.25, 0.3) is 0 Å². The van der Waals surface area contributed by atoms with E-state index in [0.29, 0.717) is 6.04 Å². The molecule has 1 aliphatic carbocycles. The molecule has 2 fully saturated rings. The number of hydrogen-bond acceptors (Lipinski definition) is 2. The van der Waals surface area contributed by atoms with Gasteiger partial charge in [-0.15, -0.1) is 0 Å². The van der Waals surface area contributed by atoms with E-state index in [9.17, 15) is 0 Å². The molecule has 1 aliphatic heterocycles. The Bertz CT molecular complexity index is 187. The molecule has 2 heteroatoms. The summed E-state index contributed by atoms with van der Waals surface area (Å²) in [6.07, 6.45) is 6.89. The molecule has 2 aliphatic rings. The second-order valence-corrected chi connectivity index (χ2v) is 5.35. The number of piperidine rings is 1. The van der Waals surface area contributed by atoms with E-state index in [0.717, 1.165) is 24.5 Å². The van der Waals surface area contributed by atoms with Crippen molar-refractivity contribution in [3.05, 3.63) is 0 Å². The highest BCUT2D eigenvalue weighted by Crippen LogP contribution is 2.36. The second-order valence-electron chi connectivity index (χ2n) is 5.35. The van der Waals surface area contributed by atoms with Gasteiger partial charge in [-0.25, -0.2) is 0 Å². The monoisotopic (exact) mass is 196 g/mol. The lowest BCUT2D eigenvalue weighted by molar-refractivity contribution is -0.00632. The molecule has 1 heterocycles. The van der Waals surface area contributed by atoms with E-state index in [1.807, 2.05) is 0 Å². The molecule has 14 heavy (non-hydrogen) atoms. The van der Waals surface area contributed by atoms with E-state index in [1.54, 1.807) is 0 Å². The van der Waals surface area contributed by atoms with Crippen molar-refractivity contribution in [2.75, 3.05) is 6.54 Å². The Morgan fingerprint density at radius 2 is 1.93 bits per heavy atom. The largest absolute Gasteiger partial charge is 0.329 e. The van der Waals surface area contributed by atoms with Crippen molar-refractivity contribution in [2.45, 2.75) is 64.1 Å². The predicted molar refractivity (Wildman–Crippen MR) is 60.2 cm³/mol. The first-order chi connectivity index (χ1) is 6.72. The van der Waals surface area contributed by atoms with Gasteiger partial charge in [-0.3, -0.25) is 4.90 Å². The fraction of sp³-hybridized carbons (Fsp3) is 1.00. The third kappa shape index (κ3) is 1.82. The lowest BCUT2D eigenvalue weighted by Gasteiger charge is -2.50. The highest BCUT2D eigenvalue weighted by molar-refractivity contribution is 4.93. The summed E-state index contributed by atoms with van der Waals surface area (Å²) < 4.78 is 0. The Morgan fingerprint density at radius 3 is 2.50 bits per heavy atom. The zero-order valence-electron chi connectivity index (χ0n) is 9.58. The minimum Gasteiger partial charge on any atom is -0.329 e. The second kappa shape index (κ2) is 4.19. The van der Waals surface area contributed by atoms with E-state index in [1.165, 1.54) is 32.1 Å².